The summed E-state index contributed by atoms with van der Waals surface area (Å²) in [6.45, 7) is 2.48. The number of nitrogen functional groups attached to an aromatic ring is 1. The number of ketones is 1. The predicted octanol–water partition coefficient (Wildman–Crippen LogP) is 2.34. The van der Waals surface area contributed by atoms with E-state index in [1.165, 1.54) is 19.9 Å². The number of imidazole rings is 1. The molecule has 2 aliphatic rings. The third-order valence-electron chi connectivity index (χ3n) is 10.5. The van der Waals surface area contributed by atoms with Gasteiger partial charge in [-0.3, -0.25) is 37.3 Å². The standard InChI is InChI=1S/C37H58N7O18P3S/c1-4-5-7-11-24-23(13-14-25(24)45)10-8-6-9-12-28(47)66-18-17-39-27(46)15-16-40-35(50)32(49)37(2,3)20-59-65(56,57)62-64(54,55)58-19-26-31(61-63(51,52)53)30(48)36(60-26)44-22-43-29-33(38)41-21-42-34(29)44/h5,7,9,12,21-24,26,30-32,36,48-49H,4,6,8,10-11,13-20H2,1-3H3,(H,39,46)(H,40,50)(H,54,55)(H,56,57)(H2,38,41,42)(H2,51,52,53)/b7-5-,12-9+/t23?,24?,26-,30-,31-,32+,36-/m1/s1. The number of aliphatic hydroxyl groups excluding tert-OH is 2. The molecule has 66 heavy (non-hydrogen) atoms. The topological polar surface area (TPSA) is 381 Å². The van der Waals surface area contributed by atoms with Crippen molar-refractivity contribution < 1.29 is 85.3 Å². The first-order valence-corrected chi connectivity index (χ1v) is 26.3. The highest BCUT2D eigenvalue weighted by atomic mass is 32.2. The van der Waals surface area contributed by atoms with Crippen molar-refractivity contribution in [3.63, 3.8) is 0 Å². The van der Waals surface area contributed by atoms with Gasteiger partial charge in [-0.25, -0.2) is 28.6 Å². The molecule has 1 saturated heterocycles. The van der Waals surface area contributed by atoms with Crippen molar-refractivity contribution in [1.82, 2.24) is 30.2 Å². The monoisotopic (exact) mass is 1010 g/mol. The molecular weight excluding hydrogens is 955 g/mol. The van der Waals surface area contributed by atoms with Crippen LogP contribution in [0.3, 0.4) is 0 Å². The number of carbonyl (C=O) groups is 4. The van der Waals surface area contributed by atoms with E-state index in [0.29, 0.717) is 30.3 Å². The van der Waals surface area contributed by atoms with Gasteiger partial charge >= 0.3 is 23.5 Å². The number of carbonyl (C=O) groups excluding carboxylic acids is 4. The average molecular weight is 1010 g/mol. The minimum absolute atomic E-state index is 0.0267. The highest BCUT2D eigenvalue weighted by molar-refractivity contribution is 8.14. The fourth-order valence-electron chi connectivity index (χ4n) is 7.06. The van der Waals surface area contributed by atoms with Crippen molar-refractivity contribution in [1.29, 1.82) is 0 Å². The molecule has 0 radical (unpaired) electrons. The summed E-state index contributed by atoms with van der Waals surface area (Å²) in [4.78, 5) is 101. The lowest BCUT2D eigenvalue weighted by Crippen LogP contribution is -2.46. The number of nitrogens with two attached hydrogens (primary N) is 1. The van der Waals surface area contributed by atoms with Crippen molar-refractivity contribution in [2.45, 2.75) is 103 Å². The van der Waals surface area contributed by atoms with Crippen LogP contribution in [0.5, 0.6) is 0 Å². The van der Waals surface area contributed by atoms with E-state index >= 15 is 0 Å². The van der Waals surface area contributed by atoms with E-state index in [4.69, 9.17) is 19.5 Å². The molecule has 1 aliphatic carbocycles. The summed E-state index contributed by atoms with van der Waals surface area (Å²) in [6.07, 6.45) is 6.29. The number of ether oxygens (including phenoxy) is 1. The van der Waals surface area contributed by atoms with E-state index in [2.05, 4.69) is 53.5 Å². The molecule has 0 aromatic carbocycles. The van der Waals surface area contributed by atoms with Gasteiger partial charge in [0, 0.05) is 43.0 Å². The molecule has 2 fully saturated rings. The Morgan fingerprint density at radius 2 is 1.79 bits per heavy atom. The Kier molecular flexibility index (Phi) is 20.8. The Hall–Kier alpha value is -3.29. The number of nitrogens with zero attached hydrogens (tertiary/aromatic N) is 4. The summed E-state index contributed by atoms with van der Waals surface area (Å²) in [5, 5.41) is 26.4. The zero-order valence-corrected chi connectivity index (χ0v) is 39.9. The molecule has 3 heterocycles. The van der Waals surface area contributed by atoms with Crippen molar-refractivity contribution in [2.75, 3.05) is 37.8 Å². The highest BCUT2D eigenvalue weighted by Gasteiger charge is 2.50. The SMILES string of the molecule is CC/C=C\CC1C(=O)CCC1CCC/C=C/C(=O)SCCNC(=O)CCNC(=O)[C@H](O)C(C)(C)COP(=O)(O)OP(=O)(O)OC[C@H]1O[C@@H](n2cnc3c(N)ncnc32)[C@H](O)[C@@H]1OP(=O)(O)O. The van der Waals surface area contributed by atoms with Crippen LogP contribution in [0.25, 0.3) is 11.2 Å². The zero-order chi connectivity index (χ0) is 48.9. The fourth-order valence-corrected chi connectivity index (χ4v) is 10.5. The molecule has 10 N–H and O–H groups in total. The Bertz CT molecular complexity index is 2210. The summed E-state index contributed by atoms with van der Waals surface area (Å²) >= 11 is 1.03. The molecule has 1 aliphatic heterocycles. The maximum Gasteiger partial charge on any atom is 0.481 e. The molecule has 4 unspecified atom stereocenters. The van der Waals surface area contributed by atoms with Crippen LogP contribution in [0.15, 0.2) is 37.0 Å². The lowest BCUT2D eigenvalue weighted by molar-refractivity contribution is -0.137. The van der Waals surface area contributed by atoms with Crippen molar-refractivity contribution >= 4 is 74.9 Å². The van der Waals surface area contributed by atoms with E-state index < -0.39 is 84.6 Å². The summed E-state index contributed by atoms with van der Waals surface area (Å²) in [6, 6.07) is 0. The minimum Gasteiger partial charge on any atom is -0.386 e. The molecule has 2 aromatic rings. The predicted molar refractivity (Wildman–Crippen MR) is 235 cm³/mol. The third kappa shape index (κ3) is 17.0. The van der Waals surface area contributed by atoms with Crippen molar-refractivity contribution in [3.8, 4) is 0 Å². The van der Waals surface area contributed by atoms with E-state index in [1.54, 1.807) is 0 Å². The second-order valence-corrected chi connectivity index (χ2v) is 21.4. The number of hydrogen-bond donors (Lipinski definition) is 9. The summed E-state index contributed by atoms with van der Waals surface area (Å²) < 4.78 is 62.4. The Morgan fingerprint density at radius 1 is 1.06 bits per heavy atom. The second kappa shape index (κ2) is 24.8. The number of amides is 2. The number of rotatable bonds is 27. The van der Waals surface area contributed by atoms with Gasteiger partial charge in [0.2, 0.25) is 16.9 Å². The fraction of sp³-hybridized carbons (Fsp3) is 0.649. The zero-order valence-electron chi connectivity index (χ0n) is 36.4. The summed E-state index contributed by atoms with van der Waals surface area (Å²) in [7, 11) is -16.4. The molecule has 0 bridgehead atoms. The van der Waals surface area contributed by atoms with Crippen LogP contribution in [0.4, 0.5) is 5.82 Å². The van der Waals surface area contributed by atoms with Crippen LogP contribution < -0.4 is 16.4 Å². The normalized spacial score (nSPS) is 23.9. The van der Waals surface area contributed by atoms with Gasteiger partial charge in [-0.2, -0.15) is 4.31 Å². The number of anilines is 1. The van der Waals surface area contributed by atoms with Gasteiger partial charge in [0.1, 0.15) is 42.0 Å². The minimum atomic E-state index is -5.59. The van der Waals surface area contributed by atoms with Gasteiger partial charge in [0.15, 0.2) is 17.7 Å². The smallest absolute Gasteiger partial charge is 0.386 e. The summed E-state index contributed by atoms with van der Waals surface area (Å²) in [5.74, 6) is -0.392. The number of hydrogen-bond acceptors (Lipinski definition) is 19. The first-order chi connectivity index (χ1) is 30.9. The molecule has 9 atom stereocenters. The Balaban J connectivity index is 1.13. The highest BCUT2D eigenvalue weighted by Crippen LogP contribution is 2.61. The van der Waals surface area contributed by atoms with E-state index in [0.717, 1.165) is 61.1 Å². The number of allylic oxidation sites excluding steroid dienone is 3. The average Bonchev–Trinajstić information content (AvgIpc) is 3.91. The second-order valence-electron chi connectivity index (χ2n) is 16.1. The maximum atomic E-state index is 12.7. The number of phosphoric ester groups is 3. The van der Waals surface area contributed by atoms with Crippen LogP contribution in [0.1, 0.15) is 78.4 Å². The maximum absolute atomic E-state index is 12.7. The first kappa shape index (κ1) is 55.3. The number of thioether (sulfide) groups is 1. The third-order valence-corrected chi connectivity index (χ3v) is 14.4. The van der Waals surface area contributed by atoms with Gasteiger partial charge in [-0.05, 0) is 50.5 Å². The van der Waals surface area contributed by atoms with Crippen LogP contribution in [-0.4, -0.2) is 128 Å². The molecule has 25 nitrogen and oxygen atoms in total. The molecule has 370 valence electrons. The molecule has 4 rings (SSSR count). The first-order valence-electron chi connectivity index (χ1n) is 20.8. The van der Waals surface area contributed by atoms with E-state index in [1.807, 2.05) is 6.08 Å². The van der Waals surface area contributed by atoms with Crippen molar-refractivity contribution in [3.05, 3.63) is 37.0 Å². The number of phosphoric acid groups is 3. The number of aliphatic hydroxyl groups is 2. The van der Waals surface area contributed by atoms with Crippen LogP contribution in [-0.2, 0) is 55.5 Å². The van der Waals surface area contributed by atoms with Gasteiger partial charge in [-0.1, -0.05) is 50.8 Å². The van der Waals surface area contributed by atoms with Gasteiger partial charge < -0.3 is 50.9 Å². The Labute approximate surface area is 384 Å². The summed E-state index contributed by atoms with van der Waals surface area (Å²) in [5.41, 5.74) is 4.25. The molecular formula is C37H58N7O18P3S. The van der Waals surface area contributed by atoms with Crippen molar-refractivity contribution in [2.24, 2.45) is 17.3 Å². The van der Waals surface area contributed by atoms with Gasteiger partial charge in [0.05, 0.1) is 19.5 Å². The molecule has 0 spiro atoms. The quantitative estimate of drug-likeness (QED) is 0.0268. The number of fused-ring (bicyclic) bond motifs is 1. The molecule has 1 saturated carbocycles. The van der Waals surface area contributed by atoms with E-state index in [9.17, 15) is 62.7 Å². The van der Waals surface area contributed by atoms with Gasteiger partial charge in [-0.15, -0.1) is 0 Å². The van der Waals surface area contributed by atoms with Crippen LogP contribution in [0.2, 0.25) is 0 Å². The molecule has 2 amide bonds. The Morgan fingerprint density at radius 3 is 2.50 bits per heavy atom. The lowest BCUT2D eigenvalue weighted by Gasteiger charge is -2.30. The van der Waals surface area contributed by atoms with E-state index in [-0.39, 0.29) is 47.5 Å². The van der Waals surface area contributed by atoms with Gasteiger partial charge in [0.25, 0.3) is 0 Å². The lowest BCUT2D eigenvalue weighted by atomic mass is 9.87. The molecule has 2 aromatic heterocycles. The van der Waals surface area contributed by atoms with Crippen LogP contribution in [0, 0.1) is 17.3 Å². The largest absolute Gasteiger partial charge is 0.481 e. The molecule has 29 heteroatoms. The van der Waals surface area contributed by atoms with Crippen LogP contribution >= 0.6 is 35.2 Å². The number of Topliss-reactive ketones (excluding diaryl/α,β-unsaturated/α-hetero) is 1. The number of aromatic nitrogens is 4. The number of nitrogens with one attached hydrogen (secondary N) is 2. The number of unbranched alkanes of at least 4 members (excludes halogenated alkanes) is 1.